The van der Waals surface area contributed by atoms with Gasteiger partial charge in [-0.3, -0.25) is 0 Å². The third-order valence-electron chi connectivity index (χ3n) is 1.10. The fraction of sp³-hybridized carbons (Fsp3) is 0.714. The molecular weight excluding hydrogens is 158 g/mol. The molecule has 0 bridgehead atoms. The molecule has 66 valence electrons. The van der Waals surface area contributed by atoms with Gasteiger partial charge in [-0.2, -0.15) is 0 Å². The third-order valence-corrected chi connectivity index (χ3v) is 1.10. The van der Waals surface area contributed by atoms with Gasteiger partial charge in [0.2, 0.25) is 0 Å². The van der Waals surface area contributed by atoms with Crippen molar-refractivity contribution in [3.8, 4) is 11.8 Å². The Balaban J connectivity index is 3.73. The maximum absolute atomic E-state index is 8.65. The number of azide groups is 1. The molecule has 0 aliphatic rings. The minimum atomic E-state index is -0.445. The lowest BCUT2D eigenvalue weighted by Gasteiger charge is -1.99. The van der Waals surface area contributed by atoms with Crippen molar-refractivity contribution in [2.75, 3.05) is 20.3 Å². The Bertz CT molecular complexity index is 212. The molecule has 0 aromatic heterocycles. The summed E-state index contributed by atoms with van der Waals surface area (Å²) in [5.41, 5.74) is 8.04. The molecule has 0 aliphatic carbocycles. The molecule has 0 saturated heterocycles. The van der Waals surface area contributed by atoms with Crippen LogP contribution in [0.4, 0.5) is 0 Å². The molecular formula is C7H11N3O2. The van der Waals surface area contributed by atoms with E-state index in [1.165, 1.54) is 0 Å². The molecule has 0 rings (SSSR count). The average Bonchev–Trinajstić information content (AvgIpc) is 2.10. The number of aliphatic hydroxyl groups excluding tert-OH is 1. The molecule has 0 spiro atoms. The van der Waals surface area contributed by atoms with E-state index in [1.807, 2.05) is 0 Å². The number of methoxy groups -OCH3 is 1. The van der Waals surface area contributed by atoms with Crippen molar-refractivity contribution in [1.82, 2.24) is 0 Å². The Kier molecular flexibility index (Phi) is 7.10. The standard InChI is InChI=1S/C7H11N3O2/c1-12-5-3-2-4-7(6-11)9-10-8/h7,11H,4-6H2,1H3/t7-/m1/s1. The zero-order valence-corrected chi connectivity index (χ0v) is 6.90. The largest absolute Gasteiger partial charge is 0.396 e. The molecule has 1 atom stereocenters. The molecule has 5 nitrogen and oxygen atoms in total. The first-order chi connectivity index (χ1) is 5.85. The van der Waals surface area contributed by atoms with Crippen LogP contribution in [0.5, 0.6) is 0 Å². The molecule has 0 radical (unpaired) electrons. The SMILES string of the molecule is COCC#CC[C@H](CO)N=[N+]=[N-]. The van der Waals surface area contributed by atoms with E-state index in [0.717, 1.165) is 0 Å². The topological polar surface area (TPSA) is 78.2 Å². The summed E-state index contributed by atoms with van der Waals surface area (Å²) in [4.78, 5) is 2.57. The highest BCUT2D eigenvalue weighted by atomic mass is 16.5. The number of hydrogen-bond acceptors (Lipinski definition) is 3. The van der Waals surface area contributed by atoms with Gasteiger partial charge in [-0.1, -0.05) is 11.0 Å². The van der Waals surface area contributed by atoms with Gasteiger partial charge in [0.05, 0.1) is 12.6 Å². The molecule has 0 amide bonds. The lowest BCUT2D eigenvalue weighted by molar-refractivity contribution is 0.239. The van der Waals surface area contributed by atoms with E-state index in [2.05, 4.69) is 26.6 Å². The van der Waals surface area contributed by atoms with Crippen LogP contribution in [0.25, 0.3) is 10.4 Å². The highest BCUT2D eigenvalue weighted by molar-refractivity contribution is 5.01. The van der Waals surface area contributed by atoms with Crippen LogP contribution in [0.1, 0.15) is 6.42 Å². The predicted octanol–water partition coefficient (Wildman–Crippen LogP) is 0.698. The summed E-state index contributed by atoms with van der Waals surface area (Å²) in [6.45, 7) is 0.181. The van der Waals surface area contributed by atoms with Crippen molar-refractivity contribution in [2.24, 2.45) is 5.11 Å². The van der Waals surface area contributed by atoms with Gasteiger partial charge >= 0.3 is 0 Å². The molecule has 1 N–H and O–H groups in total. The minimum Gasteiger partial charge on any atom is -0.396 e. The van der Waals surface area contributed by atoms with Crippen LogP contribution in [0.15, 0.2) is 5.11 Å². The average molecular weight is 169 g/mol. The van der Waals surface area contributed by atoms with Gasteiger partial charge in [-0.05, 0) is 5.53 Å². The number of nitrogens with zero attached hydrogens (tertiary/aromatic N) is 3. The van der Waals surface area contributed by atoms with E-state index >= 15 is 0 Å². The fourth-order valence-corrected chi connectivity index (χ4v) is 0.528. The van der Waals surface area contributed by atoms with Crippen LogP contribution in [0.2, 0.25) is 0 Å². The lowest BCUT2D eigenvalue weighted by Crippen LogP contribution is -2.07. The fourth-order valence-electron chi connectivity index (χ4n) is 0.528. The van der Waals surface area contributed by atoms with Crippen molar-refractivity contribution in [3.63, 3.8) is 0 Å². The second kappa shape index (κ2) is 7.89. The molecule has 5 heteroatoms. The molecule has 0 aliphatic heterocycles. The maximum atomic E-state index is 8.65. The Morgan fingerprint density at radius 2 is 2.42 bits per heavy atom. The van der Waals surface area contributed by atoms with E-state index in [0.29, 0.717) is 13.0 Å². The molecule has 0 aromatic carbocycles. The summed E-state index contributed by atoms with van der Waals surface area (Å²) in [6.07, 6.45) is 0.365. The van der Waals surface area contributed by atoms with Gasteiger partial charge in [-0.15, -0.1) is 5.92 Å². The van der Waals surface area contributed by atoms with Gasteiger partial charge in [0.25, 0.3) is 0 Å². The Labute approximate surface area is 71.0 Å². The van der Waals surface area contributed by atoms with Gasteiger partial charge in [0.1, 0.15) is 6.61 Å². The van der Waals surface area contributed by atoms with E-state index < -0.39 is 6.04 Å². The van der Waals surface area contributed by atoms with E-state index in [1.54, 1.807) is 7.11 Å². The van der Waals surface area contributed by atoms with Crippen LogP contribution in [-0.4, -0.2) is 31.5 Å². The maximum Gasteiger partial charge on any atom is 0.107 e. The van der Waals surface area contributed by atoms with Crippen LogP contribution < -0.4 is 0 Å². The highest BCUT2D eigenvalue weighted by Gasteiger charge is 1.99. The quantitative estimate of drug-likeness (QED) is 0.291. The zero-order valence-electron chi connectivity index (χ0n) is 6.90. The summed E-state index contributed by atoms with van der Waals surface area (Å²) in [7, 11) is 1.55. The van der Waals surface area contributed by atoms with Gasteiger partial charge < -0.3 is 9.84 Å². The van der Waals surface area contributed by atoms with Crippen molar-refractivity contribution in [3.05, 3.63) is 10.4 Å². The van der Waals surface area contributed by atoms with Gasteiger partial charge in [-0.25, -0.2) is 0 Å². The first kappa shape index (κ1) is 10.8. The van der Waals surface area contributed by atoms with Crippen LogP contribution in [0, 0.1) is 11.8 Å². The molecule has 12 heavy (non-hydrogen) atoms. The number of ether oxygens (including phenoxy) is 1. The van der Waals surface area contributed by atoms with Crippen molar-refractivity contribution in [2.45, 2.75) is 12.5 Å². The summed E-state index contributed by atoms with van der Waals surface area (Å²) in [5.74, 6) is 5.41. The molecule has 0 heterocycles. The molecule has 0 unspecified atom stereocenters. The Morgan fingerprint density at radius 3 is 2.92 bits per heavy atom. The summed E-state index contributed by atoms with van der Waals surface area (Å²) >= 11 is 0. The first-order valence-corrected chi connectivity index (χ1v) is 3.44. The van der Waals surface area contributed by atoms with E-state index in [-0.39, 0.29) is 6.61 Å². The Morgan fingerprint density at radius 1 is 1.67 bits per heavy atom. The minimum absolute atomic E-state index is 0.175. The zero-order chi connectivity index (χ0) is 9.23. The number of rotatable bonds is 4. The normalized spacial score (nSPS) is 10.8. The summed E-state index contributed by atoms with van der Waals surface area (Å²) in [5, 5.41) is 12.0. The number of aliphatic hydroxyl groups is 1. The second-order valence-electron chi connectivity index (χ2n) is 2.03. The van der Waals surface area contributed by atoms with Crippen molar-refractivity contribution < 1.29 is 9.84 Å². The summed E-state index contributed by atoms with van der Waals surface area (Å²) in [6, 6.07) is -0.445. The summed E-state index contributed by atoms with van der Waals surface area (Å²) < 4.78 is 4.68. The van der Waals surface area contributed by atoms with E-state index in [4.69, 9.17) is 10.6 Å². The van der Waals surface area contributed by atoms with Crippen LogP contribution in [-0.2, 0) is 4.74 Å². The second-order valence-corrected chi connectivity index (χ2v) is 2.03. The van der Waals surface area contributed by atoms with Crippen molar-refractivity contribution >= 4 is 0 Å². The first-order valence-electron chi connectivity index (χ1n) is 3.44. The van der Waals surface area contributed by atoms with Crippen molar-refractivity contribution in [1.29, 1.82) is 0 Å². The molecule has 0 saturated carbocycles. The van der Waals surface area contributed by atoms with Gasteiger partial charge in [0.15, 0.2) is 0 Å². The van der Waals surface area contributed by atoms with Crippen LogP contribution in [0.3, 0.4) is 0 Å². The Hall–Kier alpha value is -1.21. The van der Waals surface area contributed by atoms with Gasteiger partial charge in [0, 0.05) is 18.4 Å². The smallest absolute Gasteiger partial charge is 0.107 e. The lowest BCUT2D eigenvalue weighted by atomic mass is 10.2. The number of hydrogen-bond donors (Lipinski definition) is 1. The predicted molar refractivity (Wildman–Crippen MR) is 44.3 cm³/mol. The molecule has 0 fully saturated rings. The van der Waals surface area contributed by atoms with E-state index in [9.17, 15) is 0 Å². The highest BCUT2D eigenvalue weighted by Crippen LogP contribution is 1.95. The third kappa shape index (κ3) is 5.57. The molecule has 0 aromatic rings. The van der Waals surface area contributed by atoms with Crippen LogP contribution >= 0.6 is 0 Å². The monoisotopic (exact) mass is 169 g/mol.